The molecule has 6 nitrogen and oxygen atoms in total. The Labute approximate surface area is 149 Å². The van der Waals surface area contributed by atoms with Crippen molar-refractivity contribution in [1.29, 1.82) is 0 Å². The number of rotatable bonds is 9. The molecule has 140 valence electrons. The van der Waals surface area contributed by atoms with Gasteiger partial charge in [-0.2, -0.15) is 0 Å². The summed E-state index contributed by atoms with van der Waals surface area (Å²) in [6, 6.07) is 3.28. The van der Waals surface area contributed by atoms with Gasteiger partial charge in [-0.05, 0) is 31.9 Å². The first-order valence-corrected chi connectivity index (χ1v) is 8.85. The summed E-state index contributed by atoms with van der Waals surface area (Å²) in [6.07, 6.45) is 4.54. The fourth-order valence-corrected chi connectivity index (χ4v) is 3.64. The van der Waals surface area contributed by atoms with Crippen molar-refractivity contribution in [2.24, 2.45) is 0 Å². The summed E-state index contributed by atoms with van der Waals surface area (Å²) in [5.74, 6) is 1.19. The maximum Gasteiger partial charge on any atom is 0.320 e. The normalized spacial score (nSPS) is 18.8. The van der Waals surface area contributed by atoms with Crippen molar-refractivity contribution in [3.8, 4) is 17.2 Å². The van der Waals surface area contributed by atoms with E-state index in [2.05, 4.69) is 11.8 Å². The van der Waals surface area contributed by atoms with Crippen molar-refractivity contribution in [3.05, 3.63) is 17.7 Å². The van der Waals surface area contributed by atoms with Crippen LogP contribution in [0.25, 0.3) is 0 Å². The van der Waals surface area contributed by atoms with Crippen LogP contribution in [-0.2, 0) is 4.79 Å². The van der Waals surface area contributed by atoms with Gasteiger partial charge in [0.1, 0.15) is 11.8 Å². The summed E-state index contributed by atoms with van der Waals surface area (Å²) in [5.41, 5.74) is 0.960. The third-order valence-corrected chi connectivity index (χ3v) is 4.91. The molecule has 1 fully saturated rings. The fraction of sp³-hybridized carbons (Fsp3) is 0.632. The molecule has 1 aliphatic heterocycles. The molecule has 1 aliphatic rings. The van der Waals surface area contributed by atoms with Crippen LogP contribution >= 0.6 is 0 Å². The molecule has 0 spiro atoms. The molecule has 1 aromatic carbocycles. The molecule has 1 N–H and O–H groups in total. The molecule has 6 heteroatoms. The van der Waals surface area contributed by atoms with E-state index >= 15 is 0 Å². The van der Waals surface area contributed by atoms with Crippen molar-refractivity contribution in [2.75, 3.05) is 27.9 Å². The van der Waals surface area contributed by atoms with E-state index in [1.54, 1.807) is 21.3 Å². The third kappa shape index (κ3) is 4.18. The van der Waals surface area contributed by atoms with Gasteiger partial charge >= 0.3 is 5.97 Å². The number of ether oxygens (including phenoxy) is 3. The molecule has 1 heterocycles. The number of hydrogen-bond donors (Lipinski definition) is 1. The number of aliphatic carboxylic acids is 1. The van der Waals surface area contributed by atoms with Crippen LogP contribution in [0.5, 0.6) is 17.2 Å². The van der Waals surface area contributed by atoms with E-state index in [9.17, 15) is 9.90 Å². The van der Waals surface area contributed by atoms with Crippen molar-refractivity contribution in [3.63, 3.8) is 0 Å². The second kappa shape index (κ2) is 8.94. The van der Waals surface area contributed by atoms with Gasteiger partial charge in [-0.1, -0.05) is 19.8 Å². The lowest BCUT2D eigenvalue weighted by Gasteiger charge is -2.33. The fourth-order valence-electron chi connectivity index (χ4n) is 3.64. The predicted octanol–water partition coefficient (Wildman–Crippen LogP) is 3.49. The quantitative estimate of drug-likeness (QED) is 0.734. The van der Waals surface area contributed by atoms with E-state index in [1.807, 2.05) is 12.1 Å². The van der Waals surface area contributed by atoms with Crippen molar-refractivity contribution in [1.82, 2.24) is 4.90 Å². The summed E-state index contributed by atoms with van der Waals surface area (Å²) < 4.78 is 16.4. The Hall–Kier alpha value is -1.95. The number of unbranched alkanes of at least 4 members (excludes halogenated alkanes) is 1. The van der Waals surface area contributed by atoms with E-state index < -0.39 is 12.0 Å². The van der Waals surface area contributed by atoms with E-state index in [0.717, 1.165) is 37.8 Å². The molecule has 2 unspecified atom stereocenters. The summed E-state index contributed by atoms with van der Waals surface area (Å²) >= 11 is 0. The first-order valence-electron chi connectivity index (χ1n) is 8.85. The van der Waals surface area contributed by atoms with Crippen LogP contribution in [0.15, 0.2) is 12.1 Å². The number of nitrogens with zero attached hydrogens (tertiary/aromatic N) is 1. The first kappa shape index (κ1) is 19.4. The Morgan fingerprint density at radius 2 is 1.84 bits per heavy atom. The van der Waals surface area contributed by atoms with Gasteiger partial charge in [0.25, 0.3) is 0 Å². The molecule has 0 radical (unpaired) electrons. The van der Waals surface area contributed by atoms with E-state index in [-0.39, 0.29) is 6.04 Å². The highest BCUT2D eigenvalue weighted by molar-refractivity contribution is 5.74. The largest absolute Gasteiger partial charge is 0.496 e. The van der Waals surface area contributed by atoms with Gasteiger partial charge in [0.2, 0.25) is 0 Å². The zero-order chi connectivity index (χ0) is 18.4. The molecule has 1 saturated heterocycles. The van der Waals surface area contributed by atoms with Crippen LogP contribution in [0, 0.1) is 0 Å². The maximum atomic E-state index is 11.7. The van der Waals surface area contributed by atoms with E-state index in [4.69, 9.17) is 14.2 Å². The van der Waals surface area contributed by atoms with E-state index in [0.29, 0.717) is 23.7 Å². The minimum Gasteiger partial charge on any atom is -0.496 e. The SMILES string of the molecule is CCCCC(c1cc(OC)c(OC)cc1OC)N1CCCC1C(=O)O. The minimum absolute atomic E-state index is 0.0155. The molecule has 0 saturated carbocycles. The summed E-state index contributed by atoms with van der Waals surface area (Å²) in [6.45, 7) is 2.92. The minimum atomic E-state index is -0.751. The van der Waals surface area contributed by atoms with Crippen molar-refractivity contribution < 1.29 is 24.1 Å². The number of likely N-dealkylation sites (tertiary alicyclic amines) is 1. The van der Waals surface area contributed by atoms with Crippen LogP contribution in [-0.4, -0.2) is 49.9 Å². The number of carboxylic acids is 1. The highest BCUT2D eigenvalue weighted by Crippen LogP contribution is 2.42. The number of benzene rings is 1. The van der Waals surface area contributed by atoms with Gasteiger partial charge in [-0.25, -0.2) is 0 Å². The molecule has 0 amide bonds. The maximum absolute atomic E-state index is 11.7. The second-order valence-corrected chi connectivity index (χ2v) is 6.34. The molecule has 1 aromatic rings. The number of hydrogen-bond acceptors (Lipinski definition) is 5. The molecular formula is C19H29NO5. The monoisotopic (exact) mass is 351 g/mol. The second-order valence-electron chi connectivity index (χ2n) is 6.34. The molecule has 2 atom stereocenters. The van der Waals surface area contributed by atoms with E-state index in [1.165, 1.54) is 0 Å². The third-order valence-electron chi connectivity index (χ3n) is 4.91. The standard InChI is InChI=1S/C19H29NO5/c1-5-6-8-14(20-10-7-9-15(20)19(21)22)13-11-17(24-3)18(25-4)12-16(13)23-2/h11-12,14-15H,5-10H2,1-4H3,(H,21,22). The average molecular weight is 351 g/mol. The lowest BCUT2D eigenvalue weighted by Crippen LogP contribution is -2.39. The lowest BCUT2D eigenvalue weighted by molar-refractivity contribution is -0.143. The van der Waals surface area contributed by atoms with Gasteiger partial charge in [-0.3, -0.25) is 9.69 Å². The van der Waals surface area contributed by atoms with Gasteiger partial charge < -0.3 is 19.3 Å². The van der Waals surface area contributed by atoms with Crippen molar-refractivity contribution in [2.45, 2.75) is 51.1 Å². The molecular weight excluding hydrogens is 322 g/mol. The molecule has 2 rings (SSSR count). The molecule has 0 aliphatic carbocycles. The topological polar surface area (TPSA) is 68.2 Å². The molecule has 0 bridgehead atoms. The lowest BCUT2D eigenvalue weighted by atomic mass is 9.97. The zero-order valence-corrected chi connectivity index (χ0v) is 15.6. The Balaban J connectivity index is 2.48. The Morgan fingerprint density at radius 1 is 1.20 bits per heavy atom. The summed E-state index contributed by atoms with van der Waals surface area (Å²) in [7, 11) is 4.82. The summed E-state index contributed by atoms with van der Waals surface area (Å²) in [4.78, 5) is 13.8. The first-order chi connectivity index (χ1) is 12.1. The smallest absolute Gasteiger partial charge is 0.320 e. The van der Waals surface area contributed by atoms with Crippen LogP contribution in [0.4, 0.5) is 0 Å². The van der Waals surface area contributed by atoms with Crippen LogP contribution in [0.1, 0.15) is 50.6 Å². The number of methoxy groups -OCH3 is 3. The highest BCUT2D eigenvalue weighted by atomic mass is 16.5. The zero-order valence-electron chi connectivity index (χ0n) is 15.6. The Morgan fingerprint density at radius 3 is 2.40 bits per heavy atom. The van der Waals surface area contributed by atoms with Crippen molar-refractivity contribution >= 4 is 5.97 Å². The highest BCUT2D eigenvalue weighted by Gasteiger charge is 2.37. The average Bonchev–Trinajstić information content (AvgIpc) is 3.11. The van der Waals surface area contributed by atoms with Crippen LogP contribution in [0.2, 0.25) is 0 Å². The Kier molecular flexibility index (Phi) is 6.93. The Bertz CT molecular complexity index is 589. The van der Waals surface area contributed by atoms with Gasteiger partial charge in [0.15, 0.2) is 11.5 Å². The van der Waals surface area contributed by atoms with Gasteiger partial charge in [0, 0.05) is 17.7 Å². The predicted molar refractivity (Wildman–Crippen MR) is 95.7 cm³/mol. The van der Waals surface area contributed by atoms with Gasteiger partial charge in [0.05, 0.1) is 21.3 Å². The van der Waals surface area contributed by atoms with Gasteiger partial charge in [-0.15, -0.1) is 0 Å². The number of carbonyl (C=O) groups is 1. The van der Waals surface area contributed by atoms with Crippen LogP contribution in [0.3, 0.4) is 0 Å². The number of carboxylic acid groups (broad SMARTS) is 1. The molecule has 0 aromatic heterocycles. The van der Waals surface area contributed by atoms with Crippen LogP contribution < -0.4 is 14.2 Å². The molecule has 25 heavy (non-hydrogen) atoms. The summed E-state index contributed by atoms with van der Waals surface area (Å²) in [5, 5.41) is 9.60.